The number of hydrogen-bond acceptors (Lipinski definition) is 6. The first-order valence-corrected chi connectivity index (χ1v) is 8.06. The van der Waals surface area contributed by atoms with Crippen LogP contribution in [0, 0.1) is 5.82 Å². The summed E-state index contributed by atoms with van der Waals surface area (Å²) in [4.78, 5) is 12.1. The molecule has 3 aromatic rings. The third kappa shape index (κ3) is 3.83. The quantitative estimate of drug-likeness (QED) is 0.689. The average Bonchev–Trinajstić information content (AvgIpc) is 3.24. The maximum Gasteiger partial charge on any atom is 0.277 e. The molecular formula is C16H14FN3O3S. The zero-order valence-corrected chi connectivity index (χ0v) is 13.5. The fraction of sp³-hybridized carbons (Fsp3) is 0.188. The maximum atomic E-state index is 13.7. The third-order valence-electron chi connectivity index (χ3n) is 3.17. The summed E-state index contributed by atoms with van der Waals surface area (Å²) in [6.07, 6.45) is 1.54. The predicted octanol–water partition coefficient (Wildman–Crippen LogP) is 3.27. The van der Waals surface area contributed by atoms with Gasteiger partial charge in [0.2, 0.25) is 5.91 Å². The molecule has 0 unspecified atom stereocenters. The van der Waals surface area contributed by atoms with Gasteiger partial charge in [0.25, 0.3) is 11.1 Å². The summed E-state index contributed by atoms with van der Waals surface area (Å²) in [5.41, 5.74) is 0.228. The molecule has 0 aliphatic carbocycles. The molecule has 2 heterocycles. The molecule has 1 N–H and O–H groups in total. The van der Waals surface area contributed by atoms with E-state index in [9.17, 15) is 9.18 Å². The number of aromatic nitrogens is 2. The number of nitrogens with one attached hydrogen (secondary N) is 1. The van der Waals surface area contributed by atoms with Crippen LogP contribution in [0.15, 0.2) is 56.7 Å². The molecule has 2 aromatic heterocycles. The first-order valence-electron chi connectivity index (χ1n) is 7.18. The van der Waals surface area contributed by atoms with Gasteiger partial charge in [0.1, 0.15) is 11.6 Å². The number of nitrogens with zero attached hydrogens (tertiary/aromatic N) is 2. The van der Waals surface area contributed by atoms with Crippen molar-refractivity contribution in [3.05, 3.63) is 54.2 Å². The van der Waals surface area contributed by atoms with Gasteiger partial charge in [-0.05, 0) is 31.2 Å². The van der Waals surface area contributed by atoms with Crippen molar-refractivity contribution in [3.8, 4) is 11.5 Å². The van der Waals surface area contributed by atoms with Crippen molar-refractivity contribution >= 4 is 17.7 Å². The summed E-state index contributed by atoms with van der Waals surface area (Å²) >= 11 is 1.10. The molecular weight excluding hydrogens is 333 g/mol. The minimum Gasteiger partial charge on any atom is -0.467 e. The Morgan fingerprint density at radius 1 is 1.29 bits per heavy atom. The lowest BCUT2D eigenvalue weighted by atomic mass is 10.2. The molecule has 8 heteroatoms. The van der Waals surface area contributed by atoms with E-state index in [1.54, 1.807) is 43.5 Å². The fourth-order valence-corrected chi connectivity index (χ4v) is 2.64. The molecule has 1 amide bonds. The van der Waals surface area contributed by atoms with Crippen LogP contribution in [0.3, 0.4) is 0 Å². The van der Waals surface area contributed by atoms with Crippen molar-refractivity contribution < 1.29 is 18.0 Å². The summed E-state index contributed by atoms with van der Waals surface area (Å²) in [5, 5.41) is 10.2. The second-order valence-corrected chi connectivity index (χ2v) is 6.20. The van der Waals surface area contributed by atoms with Crippen molar-refractivity contribution in [2.75, 3.05) is 0 Å². The molecule has 0 spiro atoms. The van der Waals surface area contributed by atoms with Crippen LogP contribution in [0.4, 0.5) is 4.39 Å². The van der Waals surface area contributed by atoms with E-state index in [1.165, 1.54) is 6.07 Å². The Labute approximate surface area is 141 Å². The number of carbonyl (C=O) groups excluding carboxylic acids is 1. The highest BCUT2D eigenvalue weighted by Gasteiger charge is 2.19. The van der Waals surface area contributed by atoms with Gasteiger partial charge in [-0.2, -0.15) is 0 Å². The van der Waals surface area contributed by atoms with Gasteiger partial charge in [0, 0.05) is 0 Å². The number of hydrogen-bond donors (Lipinski definition) is 1. The molecule has 0 aliphatic rings. The summed E-state index contributed by atoms with van der Waals surface area (Å²) < 4.78 is 24.3. The molecule has 0 saturated carbocycles. The fourth-order valence-electron chi connectivity index (χ4n) is 1.94. The summed E-state index contributed by atoms with van der Waals surface area (Å²) in [5.74, 6) is 0.114. The molecule has 24 heavy (non-hydrogen) atoms. The van der Waals surface area contributed by atoms with Crippen LogP contribution in [0.1, 0.15) is 12.7 Å². The maximum absolute atomic E-state index is 13.7. The third-order valence-corrected chi connectivity index (χ3v) is 4.11. The highest BCUT2D eigenvalue weighted by molar-refractivity contribution is 8.00. The van der Waals surface area contributed by atoms with Crippen LogP contribution in [-0.4, -0.2) is 21.4 Å². The number of benzene rings is 1. The van der Waals surface area contributed by atoms with E-state index in [0.29, 0.717) is 12.3 Å². The minimum absolute atomic E-state index is 0.0822. The smallest absolute Gasteiger partial charge is 0.277 e. The van der Waals surface area contributed by atoms with Crippen molar-refractivity contribution in [2.24, 2.45) is 0 Å². The molecule has 0 saturated heterocycles. The van der Waals surface area contributed by atoms with E-state index in [2.05, 4.69) is 15.5 Å². The Balaban J connectivity index is 1.59. The van der Waals surface area contributed by atoms with Crippen molar-refractivity contribution in [1.29, 1.82) is 0 Å². The number of thioether (sulfide) groups is 1. The summed E-state index contributed by atoms with van der Waals surface area (Å²) in [6.45, 7) is 2.02. The summed E-state index contributed by atoms with van der Waals surface area (Å²) in [7, 11) is 0. The molecule has 3 rings (SSSR count). The van der Waals surface area contributed by atoms with Crippen LogP contribution < -0.4 is 5.32 Å². The van der Waals surface area contributed by atoms with Crippen LogP contribution >= 0.6 is 11.8 Å². The number of amides is 1. The topological polar surface area (TPSA) is 81.2 Å². The van der Waals surface area contributed by atoms with E-state index in [-0.39, 0.29) is 22.6 Å². The van der Waals surface area contributed by atoms with E-state index in [4.69, 9.17) is 8.83 Å². The lowest BCUT2D eigenvalue weighted by Crippen LogP contribution is -2.30. The Hall–Kier alpha value is -2.61. The lowest BCUT2D eigenvalue weighted by molar-refractivity contribution is -0.120. The van der Waals surface area contributed by atoms with Crippen LogP contribution in [-0.2, 0) is 11.3 Å². The molecule has 1 atom stereocenters. The number of carbonyl (C=O) groups is 1. The van der Waals surface area contributed by atoms with Crippen LogP contribution in [0.5, 0.6) is 0 Å². The minimum atomic E-state index is -0.450. The monoisotopic (exact) mass is 347 g/mol. The highest BCUT2D eigenvalue weighted by atomic mass is 32.2. The zero-order chi connectivity index (χ0) is 16.9. The first-order chi connectivity index (χ1) is 11.6. The highest BCUT2D eigenvalue weighted by Crippen LogP contribution is 2.27. The van der Waals surface area contributed by atoms with Gasteiger partial charge in [-0.1, -0.05) is 23.9 Å². The van der Waals surface area contributed by atoms with E-state index >= 15 is 0 Å². The van der Waals surface area contributed by atoms with E-state index < -0.39 is 11.1 Å². The van der Waals surface area contributed by atoms with Gasteiger partial charge < -0.3 is 14.2 Å². The van der Waals surface area contributed by atoms with Crippen molar-refractivity contribution in [2.45, 2.75) is 23.9 Å². The van der Waals surface area contributed by atoms with Gasteiger partial charge in [0.15, 0.2) is 0 Å². The van der Waals surface area contributed by atoms with Gasteiger partial charge in [-0.3, -0.25) is 4.79 Å². The Morgan fingerprint density at radius 2 is 2.12 bits per heavy atom. The molecule has 0 radical (unpaired) electrons. The van der Waals surface area contributed by atoms with E-state index in [0.717, 1.165) is 11.8 Å². The van der Waals surface area contributed by atoms with Crippen molar-refractivity contribution in [3.63, 3.8) is 0 Å². The summed E-state index contributed by atoms with van der Waals surface area (Å²) in [6, 6.07) is 9.66. The first kappa shape index (κ1) is 16.3. The van der Waals surface area contributed by atoms with Gasteiger partial charge >= 0.3 is 0 Å². The largest absolute Gasteiger partial charge is 0.467 e. The molecule has 0 aliphatic heterocycles. The second-order valence-electron chi connectivity index (χ2n) is 4.91. The predicted molar refractivity (Wildman–Crippen MR) is 85.6 cm³/mol. The van der Waals surface area contributed by atoms with Gasteiger partial charge in [-0.15, -0.1) is 10.2 Å². The number of halogens is 1. The average molecular weight is 347 g/mol. The molecule has 124 valence electrons. The van der Waals surface area contributed by atoms with Crippen LogP contribution in [0.25, 0.3) is 11.5 Å². The Kier molecular flexibility index (Phi) is 4.95. The second kappa shape index (κ2) is 7.31. The molecule has 1 aromatic carbocycles. The Bertz CT molecular complexity index is 820. The normalized spacial score (nSPS) is 12.1. The molecule has 6 nitrogen and oxygen atoms in total. The number of furan rings is 1. The standard InChI is InChI=1S/C16H14FN3O3S/c1-10(14(21)18-9-11-5-4-8-22-11)24-16-20-19-15(23-16)12-6-2-3-7-13(12)17/h2-8,10H,9H2,1H3,(H,18,21)/t10-/m0/s1. The van der Waals surface area contributed by atoms with Crippen LogP contribution in [0.2, 0.25) is 0 Å². The van der Waals surface area contributed by atoms with Crippen molar-refractivity contribution in [1.82, 2.24) is 15.5 Å². The molecule has 0 bridgehead atoms. The van der Waals surface area contributed by atoms with Gasteiger partial charge in [0.05, 0.1) is 23.6 Å². The molecule has 0 fully saturated rings. The van der Waals surface area contributed by atoms with E-state index in [1.807, 2.05) is 0 Å². The number of rotatable bonds is 6. The Morgan fingerprint density at radius 3 is 2.88 bits per heavy atom. The zero-order valence-electron chi connectivity index (χ0n) is 12.7. The van der Waals surface area contributed by atoms with Gasteiger partial charge in [-0.25, -0.2) is 4.39 Å². The SMILES string of the molecule is C[C@H](Sc1nnc(-c2ccccc2F)o1)C(=O)NCc1ccco1. The lowest BCUT2D eigenvalue weighted by Gasteiger charge is -2.08.